The van der Waals surface area contributed by atoms with E-state index in [1.807, 2.05) is 84.3 Å². The summed E-state index contributed by atoms with van der Waals surface area (Å²) < 4.78 is 12.8. The first-order valence-electron chi connectivity index (χ1n) is 12.3. The minimum atomic E-state index is -0.240. The number of ether oxygens (including phenoxy) is 2. The zero-order valence-corrected chi connectivity index (χ0v) is 22.6. The smallest absolute Gasteiger partial charge is 0.250 e. The Hall–Kier alpha value is -4.63. The van der Waals surface area contributed by atoms with Crippen LogP contribution in [0.3, 0.4) is 0 Å². The number of amides is 1. The fraction of sp³-hybridized carbons (Fsp3) is 0.133. The van der Waals surface area contributed by atoms with Gasteiger partial charge in [0, 0.05) is 11.3 Å². The van der Waals surface area contributed by atoms with Crippen molar-refractivity contribution in [2.75, 3.05) is 20.0 Å². The zero-order valence-electron chi connectivity index (χ0n) is 21.8. The lowest BCUT2D eigenvalue weighted by Crippen LogP contribution is -2.21. The van der Waals surface area contributed by atoms with Crippen molar-refractivity contribution in [3.8, 4) is 28.6 Å². The van der Waals surface area contributed by atoms with E-state index in [0.29, 0.717) is 22.5 Å². The summed E-state index contributed by atoms with van der Waals surface area (Å²) in [6.45, 7) is 1.87. The van der Waals surface area contributed by atoms with Crippen molar-refractivity contribution in [1.29, 1.82) is 0 Å². The van der Waals surface area contributed by atoms with Crippen molar-refractivity contribution in [1.82, 2.24) is 20.2 Å². The Labute approximate surface area is 230 Å². The minimum Gasteiger partial charge on any atom is -0.493 e. The van der Waals surface area contributed by atoms with Gasteiger partial charge in [0.2, 0.25) is 0 Å². The van der Waals surface area contributed by atoms with Gasteiger partial charge in [0.15, 0.2) is 22.5 Å². The molecule has 0 aliphatic heterocycles. The Morgan fingerprint density at radius 1 is 0.872 bits per heavy atom. The number of hydrogen-bond acceptors (Lipinski definition) is 7. The third-order valence-corrected chi connectivity index (χ3v) is 7.07. The third kappa shape index (κ3) is 5.78. The van der Waals surface area contributed by atoms with Crippen LogP contribution in [0.1, 0.15) is 12.5 Å². The average Bonchev–Trinajstić information content (AvgIpc) is 3.42. The number of methoxy groups -OCH3 is 2. The predicted molar refractivity (Wildman–Crippen MR) is 155 cm³/mol. The average molecular weight is 538 g/mol. The van der Waals surface area contributed by atoms with E-state index in [9.17, 15) is 4.79 Å². The molecule has 5 aromatic rings. The summed E-state index contributed by atoms with van der Waals surface area (Å²) in [5, 5.41) is 16.0. The van der Waals surface area contributed by atoms with Crippen LogP contribution in [-0.4, -0.2) is 46.4 Å². The number of fused-ring (bicyclic) bond motifs is 1. The number of hydrogen-bond donors (Lipinski definition) is 1. The Kier molecular flexibility index (Phi) is 7.88. The highest BCUT2D eigenvalue weighted by Crippen LogP contribution is 2.34. The third-order valence-electron chi connectivity index (χ3n) is 6.14. The van der Waals surface area contributed by atoms with Gasteiger partial charge in [0.25, 0.3) is 5.91 Å². The van der Waals surface area contributed by atoms with Gasteiger partial charge in [0.05, 0.1) is 25.7 Å². The van der Waals surface area contributed by atoms with Gasteiger partial charge in [-0.05, 0) is 59.7 Å². The number of thioether (sulfide) groups is 1. The molecule has 9 heteroatoms. The number of para-hydroxylation sites is 1. The molecule has 39 heavy (non-hydrogen) atoms. The maximum atomic E-state index is 12.7. The molecule has 8 nitrogen and oxygen atoms in total. The first kappa shape index (κ1) is 26.0. The van der Waals surface area contributed by atoms with Crippen LogP contribution in [0, 0.1) is 0 Å². The number of aromatic nitrogens is 3. The molecular formula is C30H27N5O3S. The van der Waals surface area contributed by atoms with Crippen molar-refractivity contribution in [3.63, 3.8) is 0 Å². The van der Waals surface area contributed by atoms with Crippen LogP contribution in [0.5, 0.6) is 11.5 Å². The summed E-state index contributed by atoms with van der Waals surface area (Å²) >= 11 is 1.28. The lowest BCUT2D eigenvalue weighted by Gasteiger charge is -2.12. The summed E-state index contributed by atoms with van der Waals surface area (Å²) in [5.74, 6) is 1.71. The Morgan fingerprint density at radius 3 is 2.38 bits per heavy atom. The summed E-state index contributed by atoms with van der Waals surface area (Å²) in [7, 11) is 3.19. The Bertz CT molecular complexity index is 1650. The molecule has 4 aromatic carbocycles. The number of hydrazone groups is 1. The van der Waals surface area contributed by atoms with E-state index < -0.39 is 0 Å². The van der Waals surface area contributed by atoms with Crippen LogP contribution in [0.15, 0.2) is 101 Å². The minimum absolute atomic E-state index is 0.116. The highest BCUT2D eigenvalue weighted by molar-refractivity contribution is 7.99. The van der Waals surface area contributed by atoms with Gasteiger partial charge >= 0.3 is 0 Å². The van der Waals surface area contributed by atoms with Gasteiger partial charge in [0.1, 0.15) is 0 Å². The van der Waals surface area contributed by atoms with E-state index in [4.69, 9.17) is 9.47 Å². The number of nitrogens with one attached hydrogen (secondary N) is 1. The summed E-state index contributed by atoms with van der Waals surface area (Å²) in [4.78, 5) is 12.7. The van der Waals surface area contributed by atoms with E-state index >= 15 is 0 Å². The Morgan fingerprint density at radius 2 is 1.62 bits per heavy atom. The van der Waals surface area contributed by atoms with Gasteiger partial charge < -0.3 is 9.47 Å². The molecule has 0 spiro atoms. The molecule has 1 heterocycles. The van der Waals surface area contributed by atoms with E-state index in [-0.39, 0.29) is 11.7 Å². The molecule has 1 aromatic heterocycles. The van der Waals surface area contributed by atoms with Crippen LogP contribution in [0.2, 0.25) is 0 Å². The number of benzene rings is 4. The Balaban J connectivity index is 1.34. The van der Waals surface area contributed by atoms with Crippen LogP contribution in [0.4, 0.5) is 0 Å². The molecular weight excluding hydrogens is 510 g/mol. The van der Waals surface area contributed by atoms with E-state index in [2.05, 4.69) is 38.9 Å². The van der Waals surface area contributed by atoms with Crippen molar-refractivity contribution >= 4 is 34.2 Å². The first-order chi connectivity index (χ1) is 19.1. The molecule has 0 radical (unpaired) electrons. The van der Waals surface area contributed by atoms with Gasteiger partial charge in [-0.2, -0.15) is 5.10 Å². The SMILES string of the molecule is COc1ccc(-c2nnc(SCC(=O)NN=C(C)c3ccc4ccccc4c3)n2-c2ccccc2)cc1OC. The largest absolute Gasteiger partial charge is 0.493 e. The maximum absolute atomic E-state index is 12.7. The van der Waals surface area contributed by atoms with E-state index in [1.165, 1.54) is 11.8 Å². The second-order valence-electron chi connectivity index (χ2n) is 8.63. The van der Waals surface area contributed by atoms with E-state index in [1.54, 1.807) is 14.2 Å². The highest BCUT2D eigenvalue weighted by atomic mass is 32.2. The standard InChI is InChI=1S/C30H27N5O3S/c1-20(22-14-13-21-9-7-8-10-23(21)17-22)31-32-28(36)19-39-30-34-33-29(35(30)25-11-5-4-6-12-25)24-15-16-26(37-2)27(18-24)38-3/h4-18H,19H2,1-3H3,(H,32,36). The summed E-state index contributed by atoms with van der Waals surface area (Å²) in [6, 6.07) is 29.6. The van der Waals surface area contributed by atoms with Crippen LogP contribution in [-0.2, 0) is 4.79 Å². The van der Waals surface area contributed by atoms with Crippen molar-refractivity contribution in [2.24, 2.45) is 5.10 Å². The first-order valence-corrected chi connectivity index (χ1v) is 13.2. The van der Waals surface area contributed by atoms with Crippen molar-refractivity contribution < 1.29 is 14.3 Å². The predicted octanol–water partition coefficient (Wildman–Crippen LogP) is 5.74. The normalized spacial score (nSPS) is 11.4. The zero-order chi connectivity index (χ0) is 27.2. The lowest BCUT2D eigenvalue weighted by atomic mass is 10.0. The molecule has 0 unspecified atom stereocenters. The quantitative estimate of drug-likeness (QED) is 0.147. The molecule has 0 aliphatic rings. The van der Waals surface area contributed by atoms with Crippen LogP contribution >= 0.6 is 11.8 Å². The molecule has 0 aliphatic carbocycles. The fourth-order valence-electron chi connectivity index (χ4n) is 4.12. The molecule has 0 bridgehead atoms. The number of rotatable bonds is 9. The van der Waals surface area contributed by atoms with Gasteiger partial charge in [-0.25, -0.2) is 5.43 Å². The monoisotopic (exact) mass is 537 g/mol. The van der Waals surface area contributed by atoms with Gasteiger partial charge in [-0.15, -0.1) is 10.2 Å². The van der Waals surface area contributed by atoms with E-state index in [0.717, 1.165) is 33.3 Å². The molecule has 196 valence electrons. The molecule has 1 amide bonds. The fourth-order valence-corrected chi connectivity index (χ4v) is 4.87. The molecule has 0 fully saturated rings. The topological polar surface area (TPSA) is 90.6 Å². The number of carbonyl (C=O) groups is 1. The molecule has 0 atom stereocenters. The number of nitrogens with zero attached hydrogens (tertiary/aromatic N) is 4. The molecule has 5 rings (SSSR count). The number of carbonyl (C=O) groups excluding carboxylic acids is 1. The van der Waals surface area contributed by atoms with Crippen molar-refractivity contribution in [2.45, 2.75) is 12.1 Å². The van der Waals surface area contributed by atoms with Crippen LogP contribution < -0.4 is 14.9 Å². The van der Waals surface area contributed by atoms with Gasteiger partial charge in [-0.3, -0.25) is 9.36 Å². The van der Waals surface area contributed by atoms with Crippen LogP contribution in [0.25, 0.3) is 27.8 Å². The maximum Gasteiger partial charge on any atom is 0.250 e. The molecule has 1 N–H and O–H groups in total. The summed E-state index contributed by atoms with van der Waals surface area (Å²) in [6.07, 6.45) is 0. The molecule has 0 saturated heterocycles. The van der Waals surface area contributed by atoms with Gasteiger partial charge in [-0.1, -0.05) is 66.4 Å². The lowest BCUT2D eigenvalue weighted by molar-refractivity contribution is -0.118. The molecule has 0 saturated carbocycles. The summed E-state index contributed by atoms with van der Waals surface area (Å²) in [5.41, 5.74) is 6.02. The second-order valence-corrected chi connectivity index (χ2v) is 9.57. The highest BCUT2D eigenvalue weighted by Gasteiger charge is 2.19. The van der Waals surface area contributed by atoms with Crippen molar-refractivity contribution in [3.05, 3.63) is 96.6 Å². The second kappa shape index (κ2) is 11.8.